The maximum atomic E-state index is 13.3. The van der Waals surface area contributed by atoms with Crippen LogP contribution in [0.2, 0.25) is 5.02 Å². The Morgan fingerprint density at radius 2 is 1.82 bits per heavy atom. The SMILES string of the molecule is C.O=C1N[C@H](Cc2c[nH]c3c(Cl)cccc23)C(=O)N1Cc1cc(F)cc(F)c1. The van der Waals surface area contributed by atoms with Gasteiger partial charge in [-0.25, -0.2) is 13.6 Å². The number of aromatic nitrogens is 1. The van der Waals surface area contributed by atoms with Gasteiger partial charge in [0.15, 0.2) is 0 Å². The summed E-state index contributed by atoms with van der Waals surface area (Å²) in [7, 11) is 0. The largest absolute Gasteiger partial charge is 0.360 e. The highest BCUT2D eigenvalue weighted by molar-refractivity contribution is 6.35. The van der Waals surface area contributed by atoms with Crippen LogP contribution in [0.15, 0.2) is 42.6 Å². The molecule has 1 aliphatic rings. The molecule has 1 aromatic heterocycles. The van der Waals surface area contributed by atoms with Crippen molar-refractivity contribution in [2.45, 2.75) is 26.4 Å². The van der Waals surface area contributed by atoms with E-state index in [-0.39, 0.29) is 26.0 Å². The maximum Gasteiger partial charge on any atom is 0.325 e. The van der Waals surface area contributed by atoms with Gasteiger partial charge in [0.1, 0.15) is 17.7 Å². The number of rotatable bonds is 4. The summed E-state index contributed by atoms with van der Waals surface area (Å²) >= 11 is 6.14. The predicted octanol–water partition coefficient (Wildman–Crippen LogP) is 4.40. The van der Waals surface area contributed by atoms with Gasteiger partial charge in [-0.2, -0.15) is 0 Å². The van der Waals surface area contributed by atoms with Gasteiger partial charge in [-0.3, -0.25) is 9.69 Å². The topological polar surface area (TPSA) is 65.2 Å². The number of benzene rings is 2. The highest BCUT2D eigenvalue weighted by Gasteiger charge is 2.38. The summed E-state index contributed by atoms with van der Waals surface area (Å²) in [5.41, 5.74) is 1.80. The number of H-pyrrole nitrogens is 1. The van der Waals surface area contributed by atoms with Gasteiger partial charge in [-0.1, -0.05) is 31.2 Å². The number of para-hydroxylation sites is 1. The number of hydrogen-bond acceptors (Lipinski definition) is 2. The highest BCUT2D eigenvalue weighted by atomic mass is 35.5. The summed E-state index contributed by atoms with van der Waals surface area (Å²) in [6.45, 7) is -0.199. The fourth-order valence-electron chi connectivity index (χ4n) is 3.31. The molecule has 0 aliphatic carbocycles. The average molecular weight is 406 g/mol. The summed E-state index contributed by atoms with van der Waals surface area (Å²) in [6.07, 6.45) is 2.03. The first-order chi connectivity index (χ1) is 12.9. The number of amides is 3. The van der Waals surface area contributed by atoms with Crippen molar-refractivity contribution < 1.29 is 18.4 Å². The molecular weight excluding hydrogens is 388 g/mol. The second-order valence-electron chi connectivity index (χ2n) is 6.38. The van der Waals surface area contributed by atoms with Crippen molar-refractivity contribution in [3.63, 3.8) is 0 Å². The quantitative estimate of drug-likeness (QED) is 0.632. The van der Waals surface area contributed by atoms with Crippen LogP contribution >= 0.6 is 11.6 Å². The Kier molecular flexibility index (Phi) is 5.38. The molecule has 0 radical (unpaired) electrons. The molecule has 1 fully saturated rings. The lowest BCUT2D eigenvalue weighted by molar-refractivity contribution is -0.127. The summed E-state index contributed by atoms with van der Waals surface area (Å²) in [5, 5.41) is 4.06. The molecular formula is C20H18ClF2N3O2. The smallest absolute Gasteiger partial charge is 0.325 e. The minimum absolute atomic E-state index is 0. The number of carbonyl (C=O) groups is 2. The second-order valence-corrected chi connectivity index (χ2v) is 6.79. The fourth-order valence-corrected chi connectivity index (χ4v) is 3.54. The number of aromatic amines is 1. The van der Waals surface area contributed by atoms with Gasteiger partial charge >= 0.3 is 6.03 Å². The Morgan fingerprint density at radius 1 is 1.11 bits per heavy atom. The molecule has 2 N–H and O–H groups in total. The van der Waals surface area contributed by atoms with Gasteiger partial charge in [0.2, 0.25) is 0 Å². The minimum Gasteiger partial charge on any atom is -0.360 e. The molecule has 2 heterocycles. The zero-order valence-corrected chi connectivity index (χ0v) is 14.7. The third-order valence-electron chi connectivity index (χ3n) is 4.54. The fraction of sp³-hybridized carbons (Fsp3) is 0.200. The molecule has 4 rings (SSSR count). The first kappa shape index (κ1) is 19.8. The van der Waals surface area contributed by atoms with Crippen LogP contribution in [0.4, 0.5) is 13.6 Å². The second kappa shape index (κ2) is 7.59. The van der Waals surface area contributed by atoms with Crippen molar-refractivity contribution in [1.29, 1.82) is 0 Å². The van der Waals surface area contributed by atoms with E-state index in [2.05, 4.69) is 10.3 Å². The van der Waals surface area contributed by atoms with Crippen LogP contribution in [-0.4, -0.2) is 27.9 Å². The number of imide groups is 1. The number of nitrogens with one attached hydrogen (secondary N) is 2. The Labute approximate surface area is 165 Å². The van der Waals surface area contributed by atoms with Crippen molar-refractivity contribution in [3.05, 3.63) is 70.4 Å². The van der Waals surface area contributed by atoms with Crippen molar-refractivity contribution in [2.75, 3.05) is 0 Å². The van der Waals surface area contributed by atoms with E-state index >= 15 is 0 Å². The molecule has 0 unspecified atom stereocenters. The molecule has 1 saturated heterocycles. The lowest BCUT2D eigenvalue weighted by atomic mass is 10.0. The Morgan fingerprint density at radius 3 is 2.54 bits per heavy atom. The number of urea groups is 1. The van der Waals surface area contributed by atoms with E-state index < -0.39 is 29.6 Å². The third kappa shape index (κ3) is 3.57. The van der Waals surface area contributed by atoms with Crippen LogP contribution in [0.1, 0.15) is 18.6 Å². The van der Waals surface area contributed by atoms with Crippen LogP contribution < -0.4 is 5.32 Å². The first-order valence-electron chi connectivity index (χ1n) is 8.23. The summed E-state index contributed by atoms with van der Waals surface area (Å²) in [5.74, 6) is -1.96. The lowest BCUT2D eigenvalue weighted by Gasteiger charge is -2.13. The molecule has 8 heteroatoms. The standard InChI is InChI=1S/C19H14ClF2N3O2.CH4/c20-15-3-1-2-14-11(8-23-17(14)15)6-16-18(26)25(19(27)24-16)9-10-4-12(21)7-13(22)5-10;/h1-5,7-8,16,23H,6,9H2,(H,24,27);1H4/t16-;/m1./s1. The molecule has 0 saturated carbocycles. The van der Waals surface area contributed by atoms with E-state index in [1.807, 2.05) is 12.1 Å². The molecule has 146 valence electrons. The Balaban J connectivity index is 0.00000225. The first-order valence-corrected chi connectivity index (χ1v) is 8.61. The van der Waals surface area contributed by atoms with Crippen LogP contribution in [0.25, 0.3) is 10.9 Å². The number of carbonyl (C=O) groups excluding carboxylic acids is 2. The van der Waals surface area contributed by atoms with Gasteiger partial charge in [-0.05, 0) is 29.3 Å². The minimum atomic E-state index is -0.760. The van der Waals surface area contributed by atoms with E-state index in [9.17, 15) is 18.4 Å². The number of fused-ring (bicyclic) bond motifs is 1. The maximum absolute atomic E-state index is 13.3. The lowest BCUT2D eigenvalue weighted by Crippen LogP contribution is -2.32. The highest BCUT2D eigenvalue weighted by Crippen LogP contribution is 2.27. The van der Waals surface area contributed by atoms with Gasteiger partial charge in [0, 0.05) is 24.1 Å². The Bertz CT molecular complexity index is 1050. The monoisotopic (exact) mass is 405 g/mol. The van der Waals surface area contributed by atoms with Gasteiger partial charge in [0.05, 0.1) is 17.1 Å². The third-order valence-corrected chi connectivity index (χ3v) is 4.86. The Hall–Kier alpha value is -2.93. The van der Waals surface area contributed by atoms with Crippen LogP contribution in [-0.2, 0) is 17.8 Å². The average Bonchev–Trinajstić information content (AvgIpc) is 3.12. The van der Waals surface area contributed by atoms with Crippen molar-refractivity contribution in [2.24, 2.45) is 0 Å². The van der Waals surface area contributed by atoms with E-state index in [1.165, 1.54) is 0 Å². The van der Waals surface area contributed by atoms with Crippen LogP contribution in [0.3, 0.4) is 0 Å². The number of halogens is 3. The number of hydrogen-bond donors (Lipinski definition) is 2. The van der Waals surface area contributed by atoms with E-state index in [1.54, 1.807) is 12.3 Å². The molecule has 0 bridgehead atoms. The zero-order valence-electron chi connectivity index (χ0n) is 13.9. The molecule has 3 aromatic rings. The summed E-state index contributed by atoms with van der Waals surface area (Å²) < 4.78 is 26.7. The summed E-state index contributed by atoms with van der Waals surface area (Å²) in [6, 6.07) is 7.02. The van der Waals surface area contributed by atoms with Gasteiger partial charge < -0.3 is 10.3 Å². The number of nitrogens with zero attached hydrogens (tertiary/aromatic N) is 1. The van der Waals surface area contributed by atoms with E-state index in [0.29, 0.717) is 5.02 Å². The van der Waals surface area contributed by atoms with E-state index in [4.69, 9.17) is 11.6 Å². The molecule has 2 aromatic carbocycles. The molecule has 1 atom stereocenters. The van der Waals surface area contributed by atoms with Crippen LogP contribution in [0, 0.1) is 11.6 Å². The molecule has 5 nitrogen and oxygen atoms in total. The van der Waals surface area contributed by atoms with E-state index in [0.717, 1.165) is 39.6 Å². The normalized spacial score (nSPS) is 16.4. The van der Waals surface area contributed by atoms with Gasteiger partial charge in [-0.15, -0.1) is 0 Å². The zero-order chi connectivity index (χ0) is 19.1. The van der Waals surface area contributed by atoms with Crippen molar-refractivity contribution in [3.8, 4) is 0 Å². The van der Waals surface area contributed by atoms with Crippen molar-refractivity contribution in [1.82, 2.24) is 15.2 Å². The molecule has 0 spiro atoms. The molecule has 1 aliphatic heterocycles. The van der Waals surface area contributed by atoms with Crippen molar-refractivity contribution >= 4 is 34.4 Å². The van der Waals surface area contributed by atoms with Gasteiger partial charge in [0.25, 0.3) is 5.91 Å². The predicted molar refractivity (Wildman–Crippen MR) is 103 cm³/mol. The molecule has 3 amide bonds. The summed E-state index contributed by atoms with van der Waals surface area (Å²) in [4.78, 5) is 28.9. The van der Waals surface area contributed by atoms with Crippen LogP contribution in [0.5, 0.6) is 0 Å². The molecule has 28 heavy (non-hydrogen) atoms.